The first kappa shape index (κ1) is 29.2. The number of benzene rings is 3. The highest BCUT2D eigenvalue weighted by atomic mass is 35.5. The van der Waals surface area contributed by atoms with Crippen LogP contribution in [-0.2, 0) is 9.53 Å². The molecule has 7 nitrogen and oxygen atoms in total. The normalized spacial score (nSPS) is 14.2. The van der Waals surface area contributed by atoms with Gasteiger partial charge in [-0.25, -0.2) is 4.79 Å². The summed E-state index contributed by atoms with van der Waals surface area (Å²) >= 11 is 14.3. The van der Waals surface area contributed by atoms with Gasteiger partial charge in [0.25, 0.3) is 0 Å². The Morgan fingerprint density at radius 2 is 1.78 bits per heavy atom. The summed E-state index contributed by atoms with van der Waals surface area (Å²) in [5.74, 6) is 0.447. The summed E-state index contributed by atoms with van der Waals surface area (Å²) in [6, 6.07) is 20.9. The number of carbonyl (C=O) groups excluding carboxylic acids is 2. The predicted molar refractivity (Wildman–Crippen MR) is 167 cm³/mol. The lowest BCUT2D eigenvalue weighted by Gasteiger charge is -2.36. The van der Waals surface area contributed by atoms with Gasteiger partial charge in [0.15, 0.2) is 0 Å². The van der Waals surface area contributed by atoms with Crippen LogP contribution in [0.15, 0.2) is 66.7 Å². The Bertz CT molecular complexity index is 1550. The number of aromatic amines is 1. The number of carbonyl (C=O) groups is 2. The quantitative estimate of drug-likeness (QED) is 0.209. The van der Waals surface area contributed by atoms with Gasteiger partial charge in [-0.05, 0) is 55.0 Å². The van der Waals surface area contributed by atoms with Crippen molar-refractivity contribution >= 4 is 63.4 Å². The summed E-state index contributed by atoms with van der Waals surface area (Å²) in [6.07, 6.45) is 0. The van der Waals surface area contributed by atoms with Gasteiger partial charge in [0, 0.05) is 58.4 Å². The molecule has 3 aromatic carbocycles. The molecule has 1 amide bonds. The highest BCUT2D eigenvalue weighted by Crippen LogP contribution is 2.44. The summed E-state index contributed by atoms with van der Waals surface area (Å²) in [5.41, 5.74) is 3.69. The Hall–Kier alpha value is -3.33. The zero-order chi connectivity index (χ0) is 28.9. The number of esters is 1. The van der Waals surface area contributed by atoms with Gasteiger partial charge in [-0.3, -0.25) is 4.79 Å². The number of methoxy groups -OCH3 is 1. The van der Waals surface area contributed by atoms with E-state index in [2.05, 4.69) is 9.88 Å². The molecule has 10 heteroatoms. The Morgan fingerprint density at radius 1 is 1.00 bits per heavy atom. The Balaban J connectivity index is 1.42. The van der Waals surface area contributed by atoms with E-state index in [1.54, 1.807) is 14.0 Å². The summed E-state index contributed by atoms with van der Waals surface area (Å²) in [7, 11) is 1.60. The Labute approximate surface area is 253 Å². The molecule has 1 unspecified atom stereocenters. The molecule has 1 fully saturated rings. The molecule has 5 rings (SSSR count). The summed E-state index contributed by atoms with van der Waals surface area (Å²) in [4.78, 5) is 34.0. The molecule has 1 aliphatic rings. The molecule has 4 aromatic rings. The lowest BCUT2D eigenvalue weighted by atomic mass is 10.0. The number of hydrogen-bond acceptors (Lipinski definition) is 6. The van der Waals surface area contributed by atoms with Crippen LogP contribution in [0.3, 0.4) is 0 Å². The molecule has 0 saturated carbocycles. The number of nitrogens with one attached hydrogen (secondary N) is 1. The van der Waals surface area contributed by atoms with Crippen molar-refractivity contribution in [2.75, 3.05) is 50.5 Å². The van der Waals surface area contributed by atoms with E-state index in [1.165, 1.54) is 11.8 Å². The molecule has 1 atom stereocenters. The van der Waals surface area contributed by atoms with Crippen molar-refractivity contribution < 1.29 is 19.1 Å². The topological polar surface area (TPSA) is 74.9 Å². The molecular weight excluding hydrogens is 581 g/mol. The van der Waals surface area contributed by atoms with Crippen molar-refractivity contribution in [1.82, 2.24) is 9.88 Å². The van der Waals surface area contributed by atoms with Crippen LogP contribution in [0.2, 0.25) is 10.0 Å². The summed E-state index contributed by atoms with van der Waals surface area (Å²) in [6.45, 7) is 4.68. The van der Waals surface area contributed by atoms with E-state index in [0.29, 0.717) is 40.1 Å². The van der Waals surface area contributed by atoms with Gasteiger partial charge < -0.3 is 24.3 Å². The number of piperazine rings is 1. The van der Waals surface area contributed by atoms with E-state index >= 15 is 0 Å². The van der Waals surface area contributed by atoms with Crippen molar-refractivity contribution in [2.45, 2.75) is 12.2 Å². The number of halogens is 2. The molecule has 214 valence electrons. The van der Waals surface area contributed by atoms with E-state index < -0.39 is 11.2 Å². The largest absolute Gasteiger partial charge is 0.497 e. The number of fused-ring (bicyclic) bond motifs is 1. The maximum atomic E-state index is 13.5. The number of rotatable bonds is 9. The molecule has 1 saturated heterocycles. The van der Waals surface area contributed by atoms with Gasteiger partial charge in [0.1, 0.15) is 11.4 Å². The Morgan fingerprint density at radius 3 is 2.49 bits per heavy atom. The standard InChI is InChI=1S/C31H31Cl2N3O4S/c1-3-40-31(38)29-28(24-18-22(39-2)11-12-26(24)34-29)30(23-9-4-5-10-25(23)33)41-19-27(37)36-15-13-35(14-16-36)21-8-6-7-20(32)17-21/h4-12,17-18,30,34H,3,13-16,19H2,1-2H3. The Kier molecular flexibility index (Phi) is 9.32. The summed E-state index contributed by atoms with van der Waals surface area (Å²) < 4.78 is 10.9. The van der Waals surface area contributed by atoms with Gasteiger partial charge in [0.2, 0.25) is 5.91 Å². The molecular formula is C31H31Cl2N3O4S. The van der Waals surface area contributed by atoms with Gasteiger partial charge in [0.05, 0.1) is 24.7 Å². The third-order valence-electron chi connectivity index (χ3n) is 7.15. The van der Waals surface area contributed by atoms with Crippen LogP contribution in [0.1, 0.15) is 33.8 Å². The van der Waals surface area contributed by atoms with Crippen LogP contribution in [-0.4, -0.2) is 67.4 Å². The van der Waals surface area contributed by atoms with Gasteiger partial charge in [-0.15, -0.1) is 11.8 Å². The lowest BCUT2D eigenvalue weighted by Crippen LogP contribution is -2.49. The van der Waals surface area contributed by atoms with E-state index in [4.69, 9.17) is 32.7 Å². The van der Waals surface area contributed by atoms with E-state index in [0.717, 1.165) is 35.2 Å². The van der Waals surface area contributed by atoms with Crippen LogP contribution in [0, 0.1) is 0 Å². The van der Waals surface area contributed by atoms with Gasteiger partial charge in [-0.1, -0.05) is 47.5 Å². The van der Waals surface area contributed by atoms with Crippen molar-refractivity contribution in [2.24, 2.45) is 0 Å². The number of H-pyrrole nitrogens is 1. The van der Waals surface area contributed by atoms with Crippen LogP contribution in [0.5, 0.6) is 5.75 Å². The summed E-state index contributed by atoms with van der Waals surface area (Å²) in [5, 5.41) is 1.65. The van der Waals surface area contributed by atoms with Crippen molar-refractivity contribution in [3.05, 3.63) is 93.6 Å². The van der Waals surface area contributed by atoms with E-state index in [9.17, 15) is 9.59 Å². The molecule has 0 bridgehead atoms. The third kappa shape index (κ3) is 6.45. The third-order valence-corrected chi connectivity index (χ3v) is 8.97. The van der Waals surface area contributed by atoms with E-state index in [1.807, 2.05) is 71.6 Å². The minimum atomic E-state index is -0.459. The average Bonchev–Trinajstić information content (AvgIpc) is 3.37. The van der Waals surface area contributed by atoms with Crippen molar-refractivity contribution in [1.29, 1.82) is 0 Å². The fraction of sp³-hybridized carbons (Fsp3) is 0.290. The SMILES string of the molecule is CCOC(=O)c1[nH]c2ccc(OC)cc2c1C(SCC(=O)N1CCN(c2cccc(Cl)c2)CC1)c1ccccc1Cl. The lowest BCUT2D eigenvalue weighted by molar-refractivity contribution is -0.128. The number of thioether (sulfide) groups is 1. The average molecular weight is 613 g/mol. The van der Waals surface area contributed by atoms with Gasteiger partial charge in [-0.2, -0.15) is 0 Å². The first-order chi connectivity index (χ1) is 19.9. The minimum absolute atomic E-state index is 0.0351. The number of amides is 1. The highest BCUT2D eigenvalue weighted by Gasteiger charge is 2.30. The molecule has 0 radical (unpaired) electrons. The number of nitrogens with zero attached hydrogens (tertiary/aromatic N) is 2. The molecule has 1 aliphatic heterocycles. The minimum Gasteiger partial charge on any atom is -0.497 e. The molecule has 41 heavy (non-hydrogen) atoms. The monoisotopic (exact) mass is 611 g/mol. The number of aromatic nitrogens is 1. The second-order valence-corrected chi connectivity index (χ2v) is 11.5. The maximum Gasteiger partial charge on any atom is 0.355 e. The molecule has 1 aromatic heterocycles. The van der Waals surface area contributed by atoms with Crippen molar-refractivity contribution in [3.63, 3.8) is 0 Å². The molecule has 2 heterocycles. The molecule has 1 N–H and O–H groups in total. The van der Waals surface area contributed by atoms with Crippen LogP contribution in [0.25, 0.3) is 10.9 Å². The second kappa shape index (κ2) is 13.1. The zero-order valence-electron chi connectivity index (χ0n) is 22.9. The predicted octanol–water partition coefficient (Wildman–Crippen LogP) is 6.83. The van der Waals surface area contributed by atoms with Crippen LogP contribution >= 0.6 is 35.0 Å². The molecule has 0 spiro atoms. The smallest absolute Gasteiger partial charge is 0.355 e. The second-order valence-electron chi connectivity index (χ2n) is 9.61. The number of hydrogen-bond donors (Lipinski definition) is 1. The fourth-order valence-corrected chi connectivity index (χ4v) is 6.89. The van der Waals surface area contributed by atoms with E-state index in [-0.39, 0.29) is 18.3 Å². The zero-order valence-corrected chi connectivity index (χ0v) is 25.2. The van der Waals surface area contributed by atoms with Gasteiger partial charge >= 0.3 is 5.97 Å². The number of anilines is 1. The fourth-order valence-electron chi connectivity index (χ4n) is 5.10. The number of ether oxygens (including phenoxy) is 2. The maximum absolute atomic E-state index is 13.5. The van der Waals surface area contributed by atoms with Crippen LogP contribution in [0.4, 0.5) is 5.69 Å². The first-order valence-electron chi connectivity index (χ1n) is 13.4. The van der Waals surface area contributed by atoms with Crippen LogP contribution < -0.4 is 9.64 Å². The highest BCUT2D eigenvalue weighted by molar-refractivity contribution is 8.00. The molecule has 0 aliphatic carbocycles. The van der Waals surface area contributed by atoms with Crippen molar-refractivity contribution in [3.8, 4) is 5.75 Å². The first-order valence-corrected chi connectivity index (χ1v) is 15.2.